The van der Waals surface area contributed by atoms with Gasteiger partial charge in [-0.1, -0.05) is 0 Å². The number of hydrogen-bond donors (Lipinski definition) is 2. The molecule has 0 amide bonds. The van der Waals surface area contributed by atoms with Gasteiger partial charge in [-0.25, -0.2) is 15.0 Å². The Kier molecular flexibility index (Phi) is 2.45. The van der Waals surface area contributed by atoms with E-state index in [1.54, 1.807) is 6.33 Å². The first kappa shape index (κ1) is 10.9. The number of nitrogens with zero attached hydrogens (tertiary/aromatic N) is 3. The molecule has 1 saturated heterocycles. The maximum absolute atomic E-state index is 4.57. The Hall–Kier alpha value is -2.01. The standard InChI is InChI=1S/C14H15N5/c1-2-9(6-15-4-1)13-12-10-3-5-16-14(10)17-7-11(12)18-8-19-13/h3,5,7-9,15H,1-2,4,6H2,(H,16,17). The topological polar surface area (TPSA) is 66.5 Å². The summed E-state index contributed by atoms with van der Waals surface area (Å²) in [6.07, 6.45) is 7.81. The summed E-state index contributed by atoms with van der Waals surface area (Å²) >= 11 is 0. The molecule has 0 aliphatic carbocycles. The van der Waals surface area contributed by atoms with Crippen LogP contribution in [0.2, 0.25) is 0 Å². The second-order valence-electron chi connectivity index (χ2n) is 5.06. The number of aromatic nitrogens is 4. The number of piperidine rings is 1. The molecule has 96 valence electrons. The van der Waals surface area contributed by atoms with E-state index in [4.69, 9.17) is 0 Å². The summed E-state index contributed by atoms with van der Waals surface area (Å²) < 4.78 is 0. The van der Waals surface area contributed by atoms with E-state index in [-0.39, 0.29) is 0 Å². The minimum atomic E-state index is 0.472. The van der Waals surface area contributed by atoms with Crippen LogP contribution in [0, 0.1) is 0 Å². The van der Waals surface area contributed by atoms with Crippen molar-refractivity contribution in [3.8, 4) is 0 Å². The average molecular weight is 253 g/mol. The van der Waals surface area contributed by atoms with E-state index in [0.717, 1.165) is 40.7 Å². The van der Waals surface area contributed by atoms with Crippen LogP contribution < -0.4 is 5.32 Å². The van der Waals surface area contributed by atoms with Gasteiger partial charge >= 0.3 is 0 Å². The van der Waals surface area contributed by atoms with E-state index >= 15 is 0 Å². The molecule has 0 saturated carbocycles. The van der Waals surface area contributed by atoms with Crippen molar-refractivity contribution in [2.45, 2.75) is 18.8 Å². The minimum absolute atomic E-state index is 0.472. The van der Waals surface area contributed by atoms with Gasteiger partial charge in [0.15, 0.2) is 0 Å². The maximum atomic E-state index is 4.57. The number of H-pyrrole nitrogens is 1. The molecule has 5 nitrogen and oxygen atoms in total. The predicted octanol–water partition coefficient (Wildman–Crippen LogP) is 1.97. The van der Waals surface area contributed by atoms with Crippen molar-refractivity contribution in [2.75, 3.05) is 13.1 Å². The molecule has 19 heavy (non-hydrogen) atoms. The summed E-state index contributed by atoms with van der Waals surface area (Å²) in [6.45, 7) is 2.11. The average Bonchev–Trinajstić information content (AvgIpc) is 2.96. The van der Waals surface area contributed by atoms with Crippen molar-refractivity contribution >= 4 is 21.9 Å². The minimum Gasteiger partial charge on any atom is -0.346 e. The zero-order valence-electron chi connectivity index (χ0n) is 10.6. The second kappa shape index (κ2) is 4.28. The maximum Gasteiger partial charge on any atom is 0.138 e. The van der Waals surface area contributed by atoms with E-state index in [2.05, 4.69) is 31.3 Å². The summed E-state index contributed by atoms with van der Waals surface area (Å²) in [5.74, 6) is 0.472. The number of fused-ring (bicyclic) bond motifs is 3. The van der Waals surface area contributed by atoms with E-state index in [9.17, 15) is 0 Å². The third-order valence-corrected chi connectivity index (χ3v) is 3.90. The van der Waals surface area contributed by atoms with Crippen molar-refractivity contribution in [3.05, 3.63) is 30.5 Å². The van der Waals surface area contributed by atoms with Crippen LogP contribution in [0.1, 0.15) is 24.5 Å². The number of aromatic amines is 1. The third kappa shape index (κ3) is 1.69. The zero-order valence-corrected chi connectivity index (χ0v) is 10.6. The highest BCUT2D eigenvalue weighted by Gasteiger charge is 2.20. The van der Waals surface area contributed by atoms with Crippen LogP contribution in [0.15, 0.2) is 24.8 Å². The molecule has 0 aromatic carbocycles. The number of hydrogen-bond acceptors (Lipinski definition) is 4. The lowest BCUT2D eigenvalue weighted by Gasteiger charge is -2.23. The Morgan fingerprint density at radius 3 is 3.11 bits per heavy atom. The van der Waals surface area contributed by atoms with Gasteiger partial charge in [0.1, 0.15) is 12.0 Å². The summed E-state index contributed by atoms with van der Waals surface area (Å²) in [6, 6.07) is 2.06. The SMILES string of the molecule is c1nc(C2CCCNC2)c2c(cnc3[nH]ccc32)n1. The highest BCUT2D eigenvalue weighted by molar-refractivity contribution is 6.04. The van der Waals surface area contributed by atoms with Crippen LogP contribution in [0.4, 0.5) is 0 Å². The third-order valence-electron chi connectivity index (χ3n) is 3.90. The van der Waals surface area contributed by atoms with E-state index < -0.39 is 0 Å². The first-order chi connectivity index (χ1) is 9.43. The fourth-order valence-corrected chi connectivity index (χ4v) is 2.98. The van der Waals surface area contributed by atoms with Crippen LogP contribution in [0.5, 0.6) is 0 Å². The molecule has 1 fully saturated rings. The number of rotatable bonds is 1. The quantitative estimate of drug-likeness (QED) is 0.696. The van der Waals surface area contributed by atoms with Gasteiger partial charge in [-0.3, -0.25) is 0 Å². The molecular formula is C14H15N5. The molecule has 1 atom stereocenters. The summed E-state index contributed by atoms with van der Waals surface area (Å²) in [5.41, 5.74) is 3.00. The van der Waals surface area contributed by atoms with E-state index in [1.165, 1.54) is 12.8 Å². The summed E-state index contributed by atoms with van der Waals surface area (Å²) in [7, 11) is 0. The van der Waals surface area contributed by atoms with Gasteiger partial charge in [-0.05, 0) is 25.5 Å². The molecule has 4 heterocycles. The molecule has 1 aliphatic rings. The monoisotopic (exact) mass is 253 g/mol. The highest BCUT2D eigenvalue weighted by atomic mass is 14.9. The van der Waals surface area contributed by atoms with Crippen LogP contribution in [0.3, 0.4) is 0 Å². The van der Waals surface area contributed by atoms with Crippen LogP contribution in [0.25, 0.3) is 21.9 Å². The molecule has 1 aliphatic heterocycles. The predicted molar refractivity (Wildman–Crippen MR) is 74.0 cm³/mol. The van der Waals surface area contributed by atoms with E-state index in [1.807, 2.05) is 12.4 Å². The lowest BCUT2D eigenvalue weighted by Crippen LogP contribution is -2.29. The normalized spacial score (nSPS) is 20.1. The molecule has 3 aromatic rings. The van der Waals surface area contributed by atoms with Gasteiger partial charge in [0.2, 0.25) is 0 Å². The zero-order chi connectivity index (χ0) is 12.7. The second-order valence-corrected chi connectivity index (χ2v) is 5.06. The largest absolute Gasteiger partial charge is 0.346 e. The van der Waals surface area contributed by atoms with Crippen molar-refractivity contribution in [2.24, 2.45) is 0 Å². The van der Waals surface area contributed by atoms with Crippen molar-refractivity contribution in [3.63, 3.8) is 0 Å². The summed E-state index contributed by atoms with van der Waals surface area (Å²) in [4.78, 5) is 16.5. The van der Waals surface area contributed by atoms with Gasteiger partial charge in [-0.2, -0.15) is 0 Å². The van der Waals surface area contributed by atoms with Crippen molar-refractivity contribution < 1.29 is 0 Å². The molecule has 5 heteroatoms. The number of nitrogens with one attached hydrogen (secondary N) is 2. The molecule has 0 spiro atoms. The van der Waals surface area contributed by atoms with Gasteiger partial charge in [-0.15, -0.1) is 0 Å². The first-order valence-corrected chi connectivity index (χ1v) is 6.71. The fraction of sp³-hybridized carbons (Fsp3) is 0.357. The van der Waals surface area contributed by atoms with Crippen LogP contribution >= 0.6 is 0 Å². The smallest absolute Gasteiger partial charge is 0.138 e. The molecule has 0 radical (unpaired) electrons. The summed E-state index contributed by atoms with van der Waals surface area (Å²) in [5, 5.41) is 5.73. The molecule has 4 rings (SSSR count). The molecule has 0 bridgehead atoms. The lowest BCUT2D eigenvalue weighted by molar-refractivity contribution is 0.457. The van der Waals surface area contributed by atoms with E-state index in [0.29, 0.717) is 5.92 Å². The number of pyridine rings is 1. The van der Waals surface area contributed by atoms with Gasteiger partial charge in [0.05, 0.1) is 17.4 Å². The molecular weight excluding hydrogens is 238 g/mol. The Bertz CT molecular complexity index is 727. The Labute approximate surface area is 110 Å². The lowest BCUT2D eigenvalue weighted by atomic mass is 9.93. The Morgan fingerprint density at radius 1 is 1.21 bits per heavy atom. The molecule has 3 aromatic heterocycles. The molecule has 2 N–H and O–H groups in total. The van der Waals surface area contributed by atoms with Crippen molar-refractivity contribution in [1.82, 2.24) is 25.3 Å². The van der Waals surface area contributed by atoms with Crippen molar-refractivity contribution in [1.29, 1.82) is 0 Å². The first-order valence-electron chi connectivity index (χ1n) is 6.71. The van der Waals surface area contributed by atoms with Gasteiger partial charge in [0.25, 0.3) is 0 Å². The van der Waals surface area contributed by atoms with Gasteiger partial charge < -0.3 is 10.3 Å². The Morgan fingerprint density at radius 2 is 2.21 bits per heavy atom. The van der Waals surface area contributed by atoms with Crippen LogP contribution in [-0.4, -0.2) is 33.0 Å². The fourth-order valence-electron chi connectivity index (χ4n) is 2.98. The molecule has 1 unspecified atom stereocenters. The van der Waals surface area contributed by atoms with Crippen LogP contribution in [-0.2, 0) is 0 Å². The van der Waals surface area contributed by atoms with Gasteiger partial charge in [0, 0.05) is 29.4 Å². The Balaban J connectivity index is 2.00. The highest BCUT2D eigenvalue weighted by Crippen LogP contribution is 2.31.